The molecule has 2 rings (SSSR count). The highest BCUT2D eigenvalue weighted by Crippen LogP contribution is 2.28. The quantitative estimate of drug-likeness (QED) is 0.0792. The zero-order chi connectivity index (χ0) is 29.7. The summed E-state index contributed by atoms with van der Waals surface area (Å²) < 4.78 is 11.2. The Bertz CT molecular complexity index is 734. The number of cyclic esters (lactones) is 1. The number of aliphatic hydroxyl groups is 2. The first-order valence-electron chi connectivity index (χ1n) is 17.4. The minimum atomic E-state index is -0.510. The fourth-order valence-corrected chi connectivity index (χ4v) is 6.25. The summed E-state index contributed by atoms with van der Waals surface area (Å²) in [5, 5.41) is 21.2. The number of aliphatic hydroxyl groups excluding tert-OH is 2. The molecule has 0 aromatic rings. The Morgan fingerprint density at radius 3 is 1.76 bits per heavy atom. The fraction of sp³-hybridized carbons (Fsp3) is 0.886. The number of hydrogen-bond donors (Lipinski definition) is 2. The van der Waals surface area contributed by atoms with Crippen molar-refractivity contribution in [3.05, 3.63) is 11.6 Å². The highest BCUT2D eigenvalue weighted by atomic mass is 16.5. The largest absolute Gasteiger partial charge is 0.455 e. The number of carbonyl (C=O) groups excluding carboxylic acids is 2. The molecule has 2 aliphatic rings. The van der Waals surface area contributed by atoms with Gasteiger partial charge < -0.3 is 19.7 Å². The zero-order valence-electron chi connectivity index (χ0n) is 26.5. The first-order valence-corrected chi connectivity index (χ1v) is 17.4. The number of carbonyl (C=O) groups is 2. The van der Waals surface area contributed by atoms with Crippen LogP contribution >= 0.6 is 0 Å². The van der Waals surface area contributed by atoms with E-state index in [1.165, 1.54) is 57.8 Å². The summed E-state index contributed by atoms with van der Waals surface area (Å²) in [7, 11) is 0. The van der Waals surface area contributed by atoms with Gasteiger partial charge >= 0.3 is 5.97 Å². The molecule has 2 N–H and O–H groups in total. The van der Waals surface area contributed by atoms with E-state index in [2.05, 4.69) is 6.92 Å². The summed E-state index contributed by atoms with van der Waals surface area (Å²) in [5.74, 6) is 0.156. The summed E-state index contributed by atoms with van der Waals surface area (Å²) >= 11 is 0. The molecule has 0 bridgehead atoms. The van der Waals surface area contributed by atoms with Gasteiger partial charge in [0, 0.05) is 18.4 Å². The molecule has 0 aliphatic carbocycles. The Morgan fingerprint density at radius 1 is 0.756 bits per heavy atom. The third-order valence-corrected chi connectivity index (χ3v) is 8.90. The van der Waals surface area contributed by atoms with Crippen molar-refractivity contribution in [2.45, 2.75) is 198 Å². The molecule has 2 aliphatic heterocycles. The van der Waals surface area contributed by atoms with Crippen LogP contribution in [0.1, 0.15) is 168 Å². The van der Waals surface area contributed by atoms with Crippen LogP contribution in [0.25, 0.3) is 0 Å². The highest BCUT2D eigenvalue weighted by Gasteiger charge is 2.34. The molecule has 5 atom stereocenters. The minimum Gasteiger partial charge on any atom is -0.455 e. The Hall–Kier alpha value is -1.24. The molecule has 0 saturated carbocycles. The normalized spacial score (nSPS) is 22.1. The van der Waals surface area contributed by atoms with Crippen LogP contribution in [-0.4, -0.2) is 52.5 Å². The van der Waals surface area contributed by atoms with Crippen molar-refractivity contribution in [2.24, 2.45) is 0 Å². The number of ether oxygens (including phenoxy) is 2. The Labute approximate surface area is 251 Å². The number of hydrogen-bond acceptors (Lipinski definition) is 6. The Kier molecular flexibility index (Phi) is 19.6. The van der Waals surface area contributed by atoms with Crippen molar-refractivity contribution in [1.29, 1.82) is 0 Å². The van der Waals surface area contributed by atoms with Gasteiger partial charge in [0.25, 0.3) is 0 Å². The van der Waals surface area contributed by atoms with Crippen LogP contribution in [0.5, 0.6) is 0 Å². The van der Waals surface area contributed by atoms with E-state index < -0.39 is 12.2 Å². The van der Waals surface area contributed by atoms with Crippen molar-refractivity contribution in [1.82, 2.24) is 0 Å². The fourth-order valence-electron chi connectivity index (χ4n) is 6.25. The summed E-state index contributed by atoms with van der Waals surface area (Å²) in [6.45, 7) is 4.14. The van der Waals surface area contributed by atoms with Crippen LogP contribution in [0.2, 0.25) is 0 Å². The smallest absolute Gasteiger partial charge is 0.334 e. The average molecular weight is 579 g/mol. The van der Waals surface area contributed by atoms with Crippen molar-refractivity contribution < 1.29 is 29.3 Å². The molecular weight excluding hydrogens is 516 g/mol. The third kappa shape index (κ3) is 16.3. The van der Waals surface area contributed by atoms with Gasteiger partial charge in [0.1, 0.15) is 11.9 Å². The SMILES string of the molecule is CCCCCCCCCCCCC(O)C1CC[C@@H](C(O)CCCCC(=O)CCCCCCCC2=CC(C)OC2=O)O1. The van der Waals surface area contributed by atoms with Crippen LogP contribution in [0.15, 0.2) is 11.6 Å². The maximum absolute atomic E-state index is 12.2. The summed E-state index contributed by atoms with van der Waals surface area (Å²) in [5.41, 5.74) is 0.814. The van der Waals surface area contributed by atoms with Crippen molar-refractivity contribution in [3.63, 3.8) is 0 Å². The van der Waals surface area contributed by atoms with Gasteiger partial charge in [-0.25, -0.2) is 4.79 Å². The molecule has 6 nitrogen and oxygen atoms in total. The van der Waals surface area contributed by atoms with Gasteiger partial charge in [-0.1, -0.05) is 96.8 Å². The van der Waals surface area contributed by atoms with Gasteiger partial charge in [-0.05, 0) is 64.4 Å². The number of ketones is 1. The van der Waals surface area contributed by atoms with Crippen LogP contribution in [0.4, 0.5) is 0 Å². The average Bonchev–Trinajstić information content (AvgIpc) is 3.57. The van der Waals surface area contributed by atoms with Crippen LogP contribution in [0.3, 0.4) is 0 Å². The van der Waals surface area contributed by atoms with E-state index in [4.69, 9.17) is 9.47 Å². The molecule has 2 heterocycles. The molecule has 238 valence electrons. The van der Waals surface area contributed by atoms with Crippen molar-refractivity contribution >= 4 is 11.8 Å². The third-order valence-electron chi connectivity index (χ3n) is 8.90. The van der Waals surface area contributed by atoms with Gasteiger partial charge in [0.15, 0.2) is 0 Å². The molecular formula is C35H62O6. The summed E-state index contributed by atoms with van der Waals surface area (Å²) in [6, 6.07) is 0. The van der Waals surface area contributed by atoms with Gasteiger partial charge in [0.2, 0.25) is 0 Å². The summed E-state index contributed by atoms with van der Waals surface area (Å²) in [6.07, 6.45) is 25.4. The molecule has 0 aromatic carbocycles. The van der Waals surface area contributed by atoms with Gasteiger partial charge in [-0.15, -0.1) is 0 Å². The Balaban J connectivity index is 1.39. The topological polar surface area (TPSA) is 93.1 Å². The van der Waals surface area contributed by atoms with Crippen molar-refractivity contribution in [3.8, 4) is 0 Å². The molecule has 0 spiro atoms. The summed E-state index contributed by atoms with van der Waals surface area (Å²) in [4.78, 5) is 23.8. The highest BCUT2D eigenvalue weighted by molar-refractivity contribution is 5.90. The van der Waals surface area contributed by atoms with E-state index in [9.17, 15) is 19.8 Å². The second-order valence-corrected chi connectivity index (χ2v) is 12.8. The van der Waals surface area contributed by atoms with Gasteiger partial charge in [-0.3, -0.25) is 4.79 Å². The molecule has 4 unspecified atom stereocenters. The van der Waals surface area contributed by atoms with E-state index in [1.807, 2.05) is 13.0 Å². The van der Waals surface area contributed by atoms with Crippen LogP contribution in [0, 0.1) is 0 Å². The van der Waals surface area contributed by atoms with E-state index in [0.717, 1.165) is 82.6 Å². The lowest BCUT2D eigenvalue weighted by molar-refractivity contribution is -0.139. The first-order chi connectivity index (χ1) is 19.9. The lowest BCUT2D eigenvalue weighted by Gasteiger charge is -2.22. The van der Waals surface area contributed by atoms with Gasteiger partial charge in [0.05, 0.1) is 24.4 Å². The van der Waals surface area contributed by atoms with Crippen LogP contribution < -0.4 is 0 Å². The van der Waals surface area contributed by atoms with Gasteiger partial charge in [-0.2, -0.15) is 0 Å². The second kappa shape index (κ2) is 22.3. The van der Waals surface area contributed by atoms with E-state index in [1.54, 1.807) is 0 Å². The molecule has 0 aromatic heterocycles. The molecule has 1 fully saturated rings. The van der Waals surface area contributed by atoms with E-state index in [-0.39, 0.29) is 24.3 Å². The monoisotopic (exact) mass is 578 g/mol. The number of rotatable bonds is 26. The lowest BCUT2D eigenvalue weighted by atomic mass is 9.99. The molecule has 0 radical (unpaired) electrons. The minimum absolute atomic E-state index is 0.0851. The molecule has 1 saturated heterocycles. The first kappa shape index (κ1) is 36.0. The number of unbranched alkanes of at least 4 members (excludes halogenated alkanes) is 14. The molecule has 41 heavy (non-hydrogen) atoms. The standard InChI is InChI=1S/C35H62O6/c1-3-4-5-6-7-8-9-10-14-17-23-31(37)33-25-26-34(41-33)32(38)24-19-18-22-30(36)21-16-13-11-12-15-20-29-27-28(2)40-35(29)39/h27-28,31-34,37-38H,3-26H2,1-2H3/t28?,31?,32?,33?,34-/m0/s1. The predicted molar refractivity (Wildman–Crippen MR) is 166 cm³/mol. The maximum Gasteiger partial charge on any atom is 0.334 e. The molecule has 0 amide bonds. The number of esters is 1. The Morgan fingerprint density at radius 2 is 1.22 bits per heavy atom. The lowest BCUT2D eigenvalue weighted by Crippen LogP contribution is -2.31. The van der Waals surface area contributed by atoms with Crippen molar-refractivity contribution in [2.75, 3.05) is 0 Å². The predicted octanol–water partition coefficient (Wildman–Crippen LogP) is 8.30. The zero-order valence-corrected chi connectivity index (χ0v) is 26.5. The van der Waals surface area contributed by atoms with Crippen LogP contribution in [-0.2, 0) is 19.1 Å². The molecule has 6 heteroatoms. The number of Topliss-reactive ketones (excluding diaryl/α,β-unsaturated/α-hetero) is 1. The second-order valence-electron chi connectivity index (χ2n) is 12.8. The van der Waals surface area contributed by atoms with E-state index in [0.29, 0.717) is 25.0 Å². The van der Waals surface area contributed by atoms with E-state index >= 15 is 0 Å². The maximum atomic E-state index is 12.2.